The molecule has 2 aliphatic heterocycles. The predicted octanol–water partition coefficient (Wildman–Crippen LogP) is 6.91. The Morgan fingerprint density at radius 1 is 0.882 bits per heavy atom. The van der Waals surface area contributed by atoms with Crippen LogP contribution in [0.1, 0.15) is 33.1 Å². The van der Waals surface area contributed by atoms with E-state index < -0.39 is 0 Å². The van der Waals surface area contributed by atoms with Gasteiger partial charge in [0.25, 0.3) is 0 Å². The summed E-state index contributed by atoms with van der Waals surface area (Å²) >= 11 is 0. The van der Waals surface area contributed by atoms with Gasteiger partial charge in [-0.05, 0) is 98.0 Å². The Morgan fingerprint density at radius 3 is 2.18 bits per heavy atom. The largest absolute Gasteiger partial charge is 0.473 e. The van der Waals surface area contributed by atoms with Crippen molar-refractivity contribution in [2.24, 2.45) is 0 Å². The van der Waals surface area contributed by atoms with Gasteiger partial charge < -0.3 is 24.0 Å². The molecule has 176 valence electrons. The molecule has 0 radical (unpaired) electrons. The molecule has 0 N–H and O–H groups in total. The summed E-state index contributed by atoms with van der Waals surface area (Å²) in [6.45, 7) is 7.13. The summed E-state index contributed by atoms with van der Waals surface area (Å²) in [4.78, 5) is 4.51. The zero-order chi connectivity index (χ0) is 23.3. The second-order valence-electron chi connectivity index (χ2n) is 8.76. The number of nitrogens with zero attached hydrogens (tertiary/aromatic N) is 2. The van der Waals surface area contributed by atoms with Crippen molar-refractivity contribution in [3.8, 4) is 11.5 Å². The number of ether oxygens (including phenoxy) is 3. The van der Waals surface area contributed by atoms with Crippen molar-refractivity contribution < 1.29 is 14.2 Å². The fraction of sp³-hybridized carbons (Fsp3) is 0.310. The number of anilines is 2. The third-order valence-electron chi connectivity index (χ3n) is 6.48. The van der Waals surface area contributed by atoms with Crippen molar-refractivity contribution in [1.82, 2.24) is 0 Å². The van der Waals surface area contributed by atoms with Crippen molar-refractivity contribution in [3.05, 3.63) is 95.5 Å². The molecule has 2 aromatic rings. The number of rotatable bonds is 6. The molecular weight excluding hydrogens is 424 g/mol. The van der Waals surface area contributed by atoms with Crippen LogP contribution in [-0.4, -0.2) is 26.6 Å². The van der Waals surface area contributed by atoms with E-state index in [-0.39, 0.29) is 0 Å². The van der Waals surface area contributed by atoms with Crippen molar-refractivity contribution in [2.45, 2.75) is 33.1 Å². The molecule has 3 aliphatic rings. The molecule has 5 heteroatoms. The van der Waals surface area contributed by atoms with Gasteiger partial charge in [0, 0.05) is 24.5 Å². The van der Waals surface area contributed by atoms with Crippen LogP contribution in [0.4, 0.5) is 11.4 Å². The van der Waals surface area contributed by atoms with Gasteiger partial charge in [0.15, 0.2) is 13.5 Å². The van der Waals surface area contributed by atoms with Gasteiger partial charge in [-0.2, -0.15) is 0 Å². The minimum absolute atomic E-state index is 0.555. The molecule has 0 saturated heterocycles. The first-order valence-electron chi connectivity index (χ1n) is 12.1. The summed E-state index contributed by atoms with van der Waals surface area (Å²) in [6.07, 6.45) is 11.5. The molecule has 34 heavy (non-hydrogen) atoms. The van der Waals surface area contributed by atoms with Gasteiger partial charge in [-0.25, -0.2) is 0 Å². The lowest BCUT2D eigenvalue weighted by molar-refractivity contribution is 0.203. The fourth-order valence-electron chi connectivity index (χ4n) is 4.54. The molecule has 0 amide bonds. The zero-order valence-electron chi connectivity index (χ0n) is 20.0. The highest BCUT2D eigenvalue weighted by Gasteiger charge is 2.21. The van der Waals surface area contributed by atoms with Gasteiger partial charge in [-0.15, -0.1) is 0 Å². The van der Waals surface area contributed by atoms with Crippen molar-refractivity contribution in [1.29, 1.82) is 0 Å². The molecular formula is C29H32N2O3. The quantitative estimate of drug-likeness (QED) is 0.472. The van der Waals surface area contributed by atoms with Gasteiger partial charge in [-0.1, -0.05) is 19.1 Å². The lowest BCUT2D eigenvalue weighted by atomic mass is 10.0. The summed E-state index contributed by atoms with van der Waals surface area (Å²) in [7, 11) is 0. The monoisotopic (exact) mass is 456 g/mol. The minimum Gasteiger partial charge on any atom is -0.473 e. The second kappa shape index (κ2) is 10.1. The first kappa shape index (κ1) is 22.2. The average Bonchev–Trinajstić information content (AvgIpc) is 2.90. The normalized spacial score (nSPS) is 18.2. The number of hydrogen-bond donors (Lipinski definition) is 0. The van der Waals surface area contributed by atoms with Gasteiger partial charge in [-0.3, -0.25) is 0 Å². The first-order chi connectivity index (χ1) is 16.7. The number of hydrogen-bond acceptors (Lipinski definition) is 5. The van der Waals surface area contributed by atoms with Crippen molar-refractivity contribution in [2.75, 3.05) is 36.4 Å². The van der Waals surface area contributed by atoms with Crippen LogP contribution in [0.3, 0.4) is 0 Å². The maximum Gasteiger partial charge on any atom is 0.161 e. The van der Waals surface area contributed by atoms with E-state index in [2.05, 4.69) is 59.2 Å². The van der Waals surface area contributed by atoms with E-state index in [1.165, 1.54) is 11.1 Å². The first-order valence-corrected chi connectivity index (χ1v) is 12.1. The Morgan fingerprint density at radius 2 is 1.53 bits per heavy atom. The van der Waals surface area contributed by atoms with E-state index in [0.717, 1.165) is 66.7 Å². The maximum atomic E-state index is 6.10. The van der Waals surface area contributed by atoms with Crippen molar-refractivity contribution >= 4 is 11.4 Å². The standard InChI is InChI=1S/C29H32N2O3/c1-3-7-28-22(4-2)18-30(20-32-28)24-10-14-26(15-11-24)34-27-16-12-25(13-17-27)31-19-23-8-5-6-9-29(23)33-21-31/h3,6-7,9-17H,4-5,8,18-21H2,1-2H3/b7-3-. The van der Waals surface area contributed by atoms with Gasteiger partial charge in [0.1, 0.15) is 23.0 Å². The van der Waals surface area contributed by atoms with Crippen molar-refractivity contribution in [3.63, 3.8) is 0 Å². The minimum atomic E-state index is 0.555. The Labute approximate surface area is 202 Å². The molecule has 0 atom stereocenters. The molecule has 2 aromatic carbocycles. The second-order valence-corrected chi connectivity index (χ2v) is 8.76. The summed E-state index contributed by atoms with van der Waals surface area (Å²) in [6, 6.07) is 16.5. The third-order valence-corrected chi connectivity index (χ3v) is 6.48. The summed E-state index contributed by atoms with van der Waals surface area (Å²) in [5, 5.41) is 0. The highest BCUT2D eigenvalue weighted by atomic mass is 16.5. The van der Waals surface area contributed by atoms with Crippen LogP contribution < -0.4 is 14.5 Å². The van der Waals surface area contributed by atoms with Crippen LogP contribution in [-0.2, 0) is 9.47 Å². The highest BCUT2D eigenvalue weighted by molar-refractivity contribution is 5.54. The molecule has 0 unspecified atom stereocenters. The molecule has 2 heterocycles. The number of allylic oxidation sites excluding steroid dienone is 4. The number of benzene rings is 2. The predicted molar refractivity (Wildman–Crippen MR) is 137 cm³/mol. The summed E-state index contributed by atoms with van der Waals surface area (Å²) < 4.78 is 18.0. The van der Waals surface area contributed by atoms with E-state index >= 15 is 0 Å². The Bertz CT molecular complexity index is 1130. The fourth-order valence-corrected chi connectivity index (χ4v) is 4.54. The van der Waals surface area contributed by atoms with Crippen LogP contribution >= 0.6 is 0 Å². The molecule has 0 spiro atoms. The Kier molecular flexibility index (Phi) is 6.61. The SMILES string of the molecule is C/C=C\C1=C(CC)CN(c2ccc(Oc3ccc(N4COC5=C(CCC=C5)C4)cc3)cc2)CO1. The van der Waals surface area contributed by atoms with Crippen LogP contribution in [0.15, 0.2) is 95.5 Å². The highest BCUT2D eigenvalue weighted by Crippen LogP contribution is 2.31. The zero-order valence-corrected chi connectivity index (χ0v) is 20.0. The molecule has 0 fully saturated rings. The molecule has 0 saturated carbocycles. The summed E-state index contributed by atoms with van der Waals surface area (Å²) in [5.41, 5.74) is 4.97. The molecule has 0 aromatic heterocycles. The van der Waals surface area contributed by atoms with E-state index in [1.54, 1.807) is 0 Å². The lowest BCUT2D eigenvalue weighted by Crippen LogP contribution is -2.33. The molecule has 5 rings (SSSR count). The van der Waals surface area contributed by atoms with Gasteiger partial charge >= 0.3 is 0 Å². The average molecular weight is 457 g/mol. The topological polar surface area (TPSA) is 34.2 Å². The maximum absolute atomic E-state index is 6.10. The van der Waals surface area contributed by atoms with E-state index in [0.29, 0.717) is 13.5 Å². The Balaban J connectivity index is 1.20. The molecule has 5 nitrogen and oxygen atoms in total. The van der Waals surface area contributed by atoms with Crippen LogP contribution in [0.5, 0.6) is 11.5 Å². The van der Waals surface area contributed by atoms with Crippen LogP contribution in [0.25, 0.3) is 0 Å². The smallest absolute Gasteiger partial charge is 0.161 e. The van der Waals surface area contributed by atoms with E-state index in [4.69, 9.17) is 14.2 Å². The van der Waals surface area contributed by atoms with E-state index in [9.17, 15) is 0 Å². The molecule has 1 aliphatic carbocycles. The van der Waals surface area contributed by atoms with Gasteiger partial charge in [0.2, 0.25) is 0 Å². The van der Waals surface area contributed by atoms with Crippen LogP contribution in [0, 0.1) is 0 Å². The van der Waals surface area contributed by atoms with E-state index in [1.807, 2.05) is 37.3 Å². The van der Waals surface area contributed by atoms with Gasteiger partial charge in [0.05, 0.1) is 0 Å². The third kappa shape index (κ3) is 4.84. The van der Waals surface area contributed by atoms with Crippen LogP contribution in [0.2, 0.25) is 0 Å². The lowest BCUT2D eigenvalue weighted by Gasteiger charge is -2.33. The molecule has 0 bridgehead atoms. The summed E-state index contributed by atoms with van der Waals surface area (Å²) in [5.74, 6) is 3.71. The Hall–Kier alpha value is -3.60.